The van der Waals surface area contributed by atoms with Crippen molar-refractivity contribution in [3.8, 4) is 5.75 Å². The zero-order valence-electron chi connectivity index (χ0n) is 11.2. The van der Waals surface area contributed by atoms with E-state index in [4.69, 9.17) is 4.74 Å². The van der Waals surface area contributed by atoms with Gasteiger partial charge in [-0.2, -0.15) is 0 Å². The molecule has 0 radical (unpaired) electrons. The Kier molecular flexibility index (Phi) is 2.78. The Labute approximate surface area is 114 Å². The van der Waals surface area contributed by atoms with Gasteiger partial charge < -0.3 is 9.84 Å². The lowest BCUT2D eigenvalue weighted by atomic mass is 10.0. The van der Waals surface area contributed by atoms with Crippen LogP contribution >= 0.6 is 0 Å². The number of nitrogens with zero attached hydrogens (tertiary/aromatic N) is 1. The Morgan fingerprint density at radius 3 is 3.11 bits per heavy atom. The number of phenolic OH excluding ortho intramolecular Hbond substituents is 1. The van der Waals surface area contributed by atoms with Crippen LogP contribution < -0.4 is 0 Å². The van der Waals surface area contributed by atoms with Gasteiger partial charge in [0, 0.05) is 18.6 Å². The predicted octanol–water partition coefficient (Wildman–Crippen LogP) is 2.63. The molecule has 4 rings (SSSR count). The Morgan fingerprint density at radius 2 is 2.16 bits per heavy atom. The van der Waals surface area contributed by atoms with E-state index in [0.29, 0.717) is 23.9 Å². The van der Waals surface area contributed by atoms with Crippen molar-refractivity contribution < 1.29 is 9.84 Å². The molecule has 3 atom stereocenters. The van der Waals surface area contributed by atoms with Crippen molar-refractivity contribution in [2.24, 2.45) is 0 Å². The van der Waals surface area contributed by atoms with Gasteiger partial charge in [0.15, 0.2) is 0 Å². The molecule has 1 aromatic carbocycles. The highest BCUT2D eigenvalue weighted by atomic mass is 16.5. The maximum Gasteiger partial charge on any atom is 0.115 e. The van der Waals surface area contributed by atoms with Crippen molar-refractivity contribution >= 4 is 0 Å². The molecule has 1 N–H and O–H groups in total. The first-order chi connectivity index (χ1) is 9.33. The summed E-state index contributed by atoms with van der Waals surface area (Å²) in [5.74, 6) is 0.403. The molecule has 1 saturated heterocycles. The maximum absolute atomic E-state index is 9.61. The zero-order chi connectivity index (χ0) is 12.8. The Balaban J connectivity index is 1.64. The molecule has 1 heterocycles. The van der Waals surface area contributed by atoms with Crippen LogP contribution in [0.25, 0.3) is 0 Å². The van der Waals surface area contributed by atoms with Crippen molar-refractivity contribution in [3.63, 3.8) is 0 Å². The van der Waals surface area contributed by atoms with Gasteiger partial charge in [0.25, 0.3) is 0 Å². The van der Waals surface area contributed by atoms with Crippen molar-refractivity contribution in [2.75, 3.05) is 13.2 Å². The number of ether oxygens (including phenoxy) is 1. The molecular formula is C16H21NO2. The van der Waals surface area contributed by atoms with Crippen LogP contribution in [0.1, 0.15) is 42.9 Å². The van der Waals surface area contributed by atoms with Crippen LogP contribution in [-0.4, -0.2) is 35.3 Å². The Hall–Kier alpha value is -1.06. The number of benzene rings is 1. The molecule has 2 fully saturated rings. The van der Waals surface area contributed by atoms with Crippen molar-refractivity contribution in [3.05, 3.63) is 29.3 Å². The molecule has 1 aliphatic heterocycles. The van der Waals surface area contributed by atoms with Crippen LogP contribution in [0.3, 0.4) is 0 Å². The second-order valence-corrected chi connectivity index (χ2v) is 6.08. The summed E-state index contributed by atoms with van der Waals surface area (Å²) in [4.78, 5) is 2.68. The van der Waals surface area contributed by atoms with Gasteiger partial charge in [-0.1, -0.05) is 6.07 Å². The number of phenols is 1. The minimum Gasteiger partial charge on any atom is -0.508 e. The first-order valence-electron chi connectivity index (χ1n) is 7.52. The molecule has 3 heteroatoms. The van der Waals surface area contributed by atoms with Crippen LogP contribution in [0.4, 0.5) is 0 Å². The summed E-state index contributed by atoms with van der Waals surface area (Å²) in [7, 11) is 0. The van der Waals surface area contributed by atoms with Crippen LogP contribution in [-0.2, 0) is 11.2 Å². The third kappa shape index (κ3) is 1.87. The normalized spacial score (nSPS) is 34.2. The topological polar surface area (TPSA) is 32.7 Å². The fraction of sp³-hybridized carbons (Fsp3) is 0.625. The minimum absolute atomic E-state index is 0.403. The Morgan fingerprint density at radius 1 is 1.21 bits per heavy atom. The molecule has 2 aliphatic carbocycles. The van der Waals surface area contributed by atoms with Crippen molar-refractivity contribution in [1.29, 1.82) is 0 Å². The molecule has 3 nitrogen and oxygen atoms in total. The van der Waals surface area contributed by atoms with Gasteiger partial charge in [-0.3, -0.25) is 4.90 Å². The first kappa shape index (κ1) is 11.7. The summed E-state index contributed by atoms with van der Waals surface area (Å²) in [5, 5.41) is 9.61. The average molecular weight is 259 g/mol. The fourth-order valence-electron chi connectivity index (χ4n) is 4.27. The quantitative estimate of drug-likeness (QED) is 0.841. The van der Waals surface area contributed by atoms with Gasteiger partial charge >= 0.3 is 0 Å². The molecular weight excluding hydrogens is 238 g/mol. The molecule has 0 bridgehead atoms. The lowest BCUT2D eigenvalue weighted by Gasteiger charge is -2.41. The smallest absolute Gasteiger partial charge is 0.115 e. The van der Waals surface area contributed by atoms with Crippen molar-refractivity contribution in [1.82, 2.24) is 4.90 Å². The second kappa shape index (κ2) is 4.50. The van der Waals surface area contributed by atoms with Gasteiger partial charge in [0.05, 0.1) is 12.7 Å². The molecule has 19 heavy (non-hydrogen) atoms. The van der Waals surface area contributed by atoms with E-state index in [2.05, 4.69) is 11.0 Å². The van der Waals surface area contributed by atoms with Gasteiger partial charge in [-0.05, 0) is 55.4 Å². The summed E-state index contributed by atoms with van der Waals surface area (Å²) in [6.07, 6.45) is 6.59. The van der Waals surface area contributed by atoms with Crippen LogP contribution in [0.15, 0.2) is 18.2 Å². The number of hydrogen-bond acceptors (Lipinski definition) is 3. The van der Waals surface area contributed by atoms with E-state index in [1.54, 1.807) is 0 Å². The molecule has 3 aliphatic rings. The molecule has 0 spiro atoms. The van der Waals surface area contributed by atoms with Gasteiger partial charge in [-0.25, -0.2) is 0 Å². The lowest BCUT2D eigenvalue weighted by Crippen LogP contribution is -2.49. The molecule has 0 aromatic heterocycles. The van der Waals surface area contributed by atoms with Crippen LogP contribution in [0, 0.1) is 0 Å². The Bertz CT molecular complexity index is 488. The fourth-order valence-corrected chi connectivity index (χ4v) is 4.27. The second-order valence-electron chi connectivity index (χ2n) is 6.08. The number of hydrogen-bond donors (Lipinski definition) is 1. The minimum atomic E-state index is 0.403. The molecule has 3 unspecified atom stereocenters. The van der Waals surface area contributed by atoms with Gasteiger partial charge in [-0.15, -0.1) is 0 Å². The highest BCUT2D eigenvalue weighted by Gasteiger charge is 2.41. The molecule has 1 saturated carbocycles. The first-order valence-corrected chi connectivity index (χ1v) is 7.52. The third-order valence-corrected chi connectivity index (χ3v) is 5.10. The van der Waals surface area contributed by atoms with Crippen molar-refractivity contribution in [2.45, 2.75) is 50.3 Å². The number of aromatic hydroxyl groups is 1. The van der Waals surface area contributed by atoms with Crippen LogP contribution in [0.2, 0.25) is 0 Å². The zero-order valence-corrected chi connectivity index (χ0v) is 11.2. The highest BCUT2D eigenvalue weighted by molar-refractivity contribution is 5.40. The summed E-state index contributed by atoms with van der Waals surface area (Å²) in [5.41, 5.74) is 2.77. The van der Waals surface area contributed by atoms with E-state index in [9.17, 15) is 5.11 Å². The molecule has 1 aromatic rings. The van der Waals surface area contributed by atoms with E-state index < -0.39 is 0 Å². The standard InChI is InChI=1S/C16H21NO2/c18-12-5-6-13-11(10-12)4-7-14(13)17-8-9-19-16-3-1-2-15(16)17/h5-6,10,14-16,18H,1-4,7-9H2. The van der Waals surface area contributed by atoms with E-state index in [-0.39, 0.29) is 0 Å². The molecule has 0 amide bonds. The van der Waals surface area contributed by atoms with E-state index in [1.165, 1.54) is 36.8 Å². The predicted molar refractivity (Wildman–Crippen MR) is 73.3 cm³/mol. The number of rotatable bonds is 1. The number of aryl methyl sites for hydroxylation is 1. The van der Waals surface area contributed by atoms with Crippen LogP contribution in [0.5, 0.6) is 5.75 Å². The van der Waals surface area contributed by atoms with E-state index in [1.807, 2.05) is 12.1 Å². The van der Waals surface area contributed by atoms with E-state index in [0.717, 1.165) is 19.6 Å². The highest BCUT2D eigenvalue weighted by Crippen LogP contribution is 2.42. The summed E-state index contributed by atoms with van der Waals surface area (Å²) >= 11 is 0. The SMILES string of the molecule is Oc1ccc2c(c1)CCC2N1CCOC2CCCC21. The number of morpholine rings is 1. The average Bonchev–Trinajstić information content (AvgIpc) is 3.03. The lowest BCUT2D eigenvalue weighted by molar-refractivity contribution is -0.0722. The summed E-state index contributed by atoms with van der Waals surface area (Å²) in [6, 6.07) is 7.08. The summed E-state index contributed by atoms with van der Waals surface area (Å²) < 4.78 is 5.92. The molecule has 102 valence electrons. The maximum atomic E-state index is 9.61. The number of fused-ring (bicyclic) bond motifs is 2. The monoisotopic (exact) mass is 259 g/mol. The third-order valence-electron chi connectivity index (χ3n) is 5.10. The van der Waals surface area contributed by atoms with Gasteiger partial charge in [0.1, 0.15) is 5.75 Å². The summed E-state index contributed by atoms with van der Waals surface area (Å²) in [6.45, 7) is 1.94. The largest absolute Gasteiger partial charge is 0.508 e. The van der Waals surface area contributed by atoms with E-state index >= 15 is 0 Å². The van der Waals surface area contributed by atoms with Gasteiger partial charge in [0.2, 0.25) is 0 Å².